The van der Waals surface area contributed by atoms with Crippen molar-refractivity contribution in [3.05, 3.63) is 54.1 Å². The lowest BCUT2D eigenvalue weighted by Crippen LogP contribution is -2.30. The van der Waals surface area contributed by atoms with Gasteiger partial charge >= 0.3 is 6.09 Å². The van der Waals surface area contributed by atoms with Crippen LogP contribution in [0.15, 0.2) is 53.4 Å². The van der Waals surface area contributed by atoms with Crippen LogP contribution >= 0.6 is 0 Å². The van der Waals surface area contributed by atoms with Gasteiger partial charge in [0.2, 0.25) is 10.0 Å². The Morgan fingerprint density at radius 2 is 1.58 bits per heavy atom. The highest BCUT2D eigenvalue weighted by Gasteiger charge is 2.22. The van der Waals surface area contributed by atoms with Crippen molar-refractivity contribution in [3.63, 3.8) is 0 Å². The lowest BCUT2D eigenvalue weighted by Gasteiger charge is -2.18. The molecule has 0 aromatic heterocycles. The lowest BCUT2D eigenvalue weighted by molar-refractivity contribution is 0.102. The Hall–Kier alpha value is -2.91. The van der Waals surface area contributed by atoms with Crippen molar-refractivity contribution in [2.45, 2.75) is 32.6 Å². The molecule has 0 atom stereocenters. The van der Waals surface area contributed by atoms with Crippen LogP contribution in [0.5, 0.6) is 0 Å². The van der Waals surface area contributed by atoms with Gasteiger partial charge in [-0.2, -0.15) is 4.31 Å². The summed E-state index contributed by atoms with van der Waals surface area (Å²) in [5.74, 6) is -0.242. The number of rotatable bonds is 9. The molecule has 0 unspecified atom stereocenters. The van der Waals surface area contributed by atoms with E-state index >= 15 is 0 Å². The van der Waals surface area contributed by atoms with Crippen LogP contribution in [0, 0.1) is 5.92 Å². The normalized spacial score (nSPS) is 11.4. The zero-order valence-corrected chi connectivity index (χ0v) is 19.0. The molecule has 0 aliphatic rings. The van der Waals surface area contributed by atoms with Crippen LogP contribution in [0.25, 0.3) is 0 Å². The van der Waals surface area contributed by atoms with Crippen molar-refractivity contribution in [3.8, 4) is 0 Å². The third-order valence-electron chi connectivity index (χ3n) is 4.35. The van der Waals surface area contributed by atoms with Gasteiger partial charge in [-0.25, -0.2) is 13.2 Å². The van der Waals surface area contributed by atoms with Crippen LogP contribution in [-0.4, -0.2) is 44.4 Å². The minimum atomic E-state index is -3.67. The second-order valence-electron chi connectivity index (χ2n) is 7.27. The number of amides is 2. The number of ether oxygens (including phenoxy) is 1. The van der Waals surface area contributed by atoms with Gasteiger partial charge < -0.3 is 10.1 Å². The number of sulfonamides is 1. The summed E-state index contributed by atoms with van der Waals surface area (Å²) in [6, 6.07) is 12.5. The van der Waals surface area contributed by atoms with E-state index in [0.717, 1.165) is 0 Å². The molecule has 0 saturated heterocycles. The summed E-state index contributed by atoms with van der Waals surface area (Å²) in [7, 11) is -3.67. The van der Waals surface area contributed by atoms with E-state index in [0.29, 0.717) is 31.1 Å². The molecule has 0 heterocycles. The molecule has 0 radical (unpaired) electrons. The summed E-state index contributed by atoms with van der Waals surface area (Å²) in [4.78, 5) is 24.6. The Labute approximate surface area is 183 Å². The highest BCUT2D eigenvalue weighted by Crippen LogP contribution is 2.19. The molecular weight excluding hydrogens is 418 g/mol. The number of carbonyl (C=O) groups excluding carboxylic acids is 2. The van der Waals surface area contributed by atoms with E-state index in [1.165, 1.54) is 22.5 Å². The first kappa shape index (κ1) is 24.4. The largest absolute Gasteiger partial charge is 0.449 e. The van der Waals surface area contributed by atoms with Gasteiger partial charge in [-0.1, -0.05) is 39.8 Å². The summed E-state index contributed by atoms with van der Waals surface area (Å²) >= 11 is 0. The molecule has 2 rings (SSSR count). The van der Waals surface area contributed by atoms with Gasteiger partial charge in [-0.05, 0) is 42.3 Å². The molecule has 2 aromatic carbocycles. The SMILES string of the molecule is CCN(CC)S(=O)(=O)c1cccc(C(=O)Nc2cccc(NC(=O)OCC(C)C)c2)c1. The first-order chi connectivity index (χ1) is 14.7. The van der Waals surface area contributed by atoms with Gasteiger partial charge in [0, 0.05) is 30.0 Å². The molecule has 2 N–H and O–H groups in total. The smallest absolute Gasteiger partial charge is 0.411 e. The number of anilines is 2. The fourth-order valence-electron chi connectivity index (χ4n) is 2.78. The van der Waals surface area contributed by atoms with Gasteiger partial charge in [0.05, 0.1) is 11.5 Å². The minimum absolute atomic E-state index is 0.0622. The number of hydrogen-bond donors (Lipinski definition) is 2. The molecule has 31 heavy (non-hydrogen) atoms. The van der Waals surface area contributed by atoms with Gasteiger partial charge in [0.1, 0.15) is 0 Å². The number of hydrogen-bond acceptors (Lipinski definition) is 5. The van der Waals surface area contributed by atoms with E-state index in [9.17, 15) is 18.0 Å². The predicted octanol–water partition coefficient (Wildman–Crippen LogP) is 4.17. The molecule has 0 spiro atoms. The van der Waals surface area contributed by atoms with E-state index in [1.807, 2.05) is 13.8 Å². The molecule has 0 bridgehead atoms. The van der Waals surface area contributed by atoms with Crippen LogP contribution in [-0.2, 0) is 14.8 Å². The monoisotopic (exact) mass is 447 g/mol. The van der Waals surface area contributed by atoms with Crippen molar-refractivity contribution in [2.75, 3.05) is 30.3 Å². The highest BCUT2D eigenvalue weighted by atomic mass is 32.2. The summed E-state index contributed by atoms with van der Waals surface area (Å²) in [6.45, 7) is 8.38. The molecule has 8 nitrogen and oxygen atoms in total. The topological polar surface area (TPSA) is 105 Å². The molecule has 2 amide bonds. The maximum absolute atomic E-state index is 12.7. The second kappa shape index (κ2) is 10.9. The standard InChI is InChI=1S/C22H29N3O5S/c1-5-25(6-2)31(28,29)20-12-7-9-17(13-20)21(26)23-18-10-8-11-19(14-18)24-22(27)30-15-16(3)4/h7-14,16H,5-6,15H2,1-4H3,(H,23,26)(H,24,27). The maximum atomic E-state index is 12.7. The van der Waals surface area contributed by atoms with E-state index < -0.39 is 22.0 Å². The lowest BCUT2D eigenvalue weighted by atomic mass is 10.2. The molecular formula is C22H29N3O5S. The fourth-order valence-corrected chi connectivity index (χ4v) is 4.29. The van der Waals surface area contributed by atoms with E-state index in [2.05, 4.69) is 10.6 Å². The zero-order chi connectivity index (χ0) is 23.0. The van der Waals surface area contributed by atoms with E-state index in [-0.39, 0.29) is 16.4 Å². The van der Waals surface area contributed by atoms with Crippen LogP contribution in [0.1, 0.15) is 38.1 Å². The number of nitrogens with one attached hydrogen (secondary N) is 2. The van der Waals surface area contributed by atoms with Gasteiger partial charge in [0.25, 0.3) is 5.91 Å². The molecule has 0 aliphatic carbocycles. The summed E-state index contributed by atoms with van der Waals surface area (Å²) < 4.78 is 31.8. The summed E-state index contributed by atoms with van der Waals surface area (Å²) in [6.07, 6.45) is -0.577. The van der Waals surface area contributed by atoms with E-state index in [1.54, 1.807) is 44.2 Å². The first-order valence-electron chi connectivity index (χ1n) is 10.1. The maximum Gasteiger partial charge on any atom is 0.411 e. The average Bonchev–Trinajstić information content (AvgIpc) is 2.73. The number of carbonyl (C=O) groups is 2. The summed E-state index contributed by atoms with van der Waals surface area (Å²) in [5, 5.41) is 5.33. The van der Waals surface area contributed by atoms with E-state index in [4.69, 9.17) is 4.74 Å². The van der Waals surface area contributed by atoms with Crippen LogP contribution in [0.4, 0.5) is 16.2 Å². The second-order valence-corrected chi connectivity index (χ2v) is 9.21. The van der Waals surface area contributed by atoms with Crippen molar-refractivity contribution in [1.82, 2.24) is 4.31 Å². The van der Waals surface area contributed by atoms with Gasteiger partial charge in [-0.3, -0.25) is 10.1 Å². The first-order valence-corrected chi connectivity index (χ1v) is 11.6. The number of nitrogens with zero attached hydrogens (tertiary/aromatic N) is 1. The highest BCUT2D eigenvalue weighted by molar-refractivity contribution is 7.89. The van der Waals surface area contributed by atoms with Crippen molar-refractivity contribution < 1.29 is 22.7 Å². The van der Waals surface area contributed by atoms with Crippen molar-refractivity contribution >= 4 is 33.4 Å². The van der Waals surface area contributed by atoms with Crippen LogP contribution in [0.2, 0.25) is 0 Å². The summed E-state index contributed by atoms with van der Waals surface area (Å²) in [5.41, 5.74) is 1.12. The Morgan fingerprint density at radius 1 is 0.968 bits per heavy atom. The Balaban J connectivity index is 2.13. The molecule has 0 fully saturated rings. The Kier molecular flexibility index (Phi) is 8.58. The van der Waals surface area contributed by atoms with Crippen molar-refractivity contribution in [1.29, 1.82) is 0 Å². The average molecular weight is 448 g/mol. The molecule has 9 heteroatoms. The molecule has 0 saturated carbocycles. The molecule has 168 valence electrons. The Bertz CT molecular complexity index is 1020. The van der Waals surface area contributed by atoms with Crippen LogP contribution in [0.3, 0.4) is 0 Å². The molecule has 2 aromatic rings. The van der Waals surface area contributed by atoms with Gasteiger partial charge in [-0.15, -0.1) is 0 Å². The zero-order valence-electron chi connectivity index (χ0n) is 18.2. The number of benzene rings is 2. The fraction of sp³-hybridized carbons (Fsp3) is 0.364. The van der Waals surface area contributed by atoms with Crippen molar-refractivity contribution in [2.24, 2.45) is 5.92 Å². The Morgan fingerprint density at radius 3 is 2.19 bits per heavy atom. The predicted molar refractivity (Wildman–Crippen MR) is 121 cm³/mol. The quantitative estimate of drug-likeness (QED) is 0.600. The minimum Gasteiger partial charge on any atom is -0.449 e. The van der Waals surface area contributed by atoms with Crippen LogP contribution < -0.4 is 10.6 Å². The van der Waals surface area contributed by atoms with Gasteiger partial charge in [0.15, 0.2) is 0 Å². The third-order valence-corrected chi connectivity index (χ3v) is 6.40. The molecule has 0 aliphatic heterocycles. The third kappa shape index (κ3) is 6.80.